The topological polar surface area (TPSA) is 31.4 Å². The molecule has 25 heavy (non-hydrogen) atoms. The molecule has 0 fully saturated rings. The van der Waals surface area contributed by atoms with Crippen LogP contribution >= 0.6 is 0 Å². The minimum atomic E-state index is 0.726. The Labute approximate surface area is 147 Å². The zero-order chi connectivity index (χ0) is 16.9. The number of fused-ring (bicyclic) bond motifs is 1. The average Bonchev–Trinajstić information content (AvgIpc) is 3.10. The van der Waals surface area contributed by atoms with Crippen LogP contribution in [0.1, 0.15) is 11.1 Å². The van der Waals surface area contributed by atoms with Crippen LogP contribution in [0.2, 0.25) is 0 Å². The van der Waals surface area contributed by atoms with Crippen LogP contribution < -0.4 is 5.01 Å². The lowest BCUT2D eigenvalue weighted by atomic mass is 10.2. The van der Waals surface area contributed by atoms with Crippen molar-refractivity contribution in [1.29, 1.82) is 0 Å². The van der Waals surface area contributed by atoms with Crippen molar-refractivity contribution in [3.05, 3.63) is 102 Å². The number of anilines is 1. The molecule has 122 valence electrons. The molecule has 0 spiro atoms. The SMILES string of the molecule is C(=NN(Cc1ccccc1)c1ccccc1)c1c[nH]c2ccccc12. The van der Waals surface area contributed by atoms with E-state index in [0.717, 1.165) is 23.3 Å². The lowest BCUT2D eigenvalue weighted by Gasteiger charge is -2.19. The lowest BCUT2D eigenvalue weighted by molar-refractivity contribution is 0.859. The molecule has 0 unspecified atom stereocenters. The van der Waals surface area contributed by atoms with Crippen molar-refractivity contribution in [3.63, 3.8) is 0 Å². The molecular formula is C22H19N3. The molecule has 3 aromatic carbocycles. The second-order valence-corrected chi connectivity index (χ2v) is 5.91. The third kappa shape index (κ3) is 3.45. The van der Waals surface area contributed by atoms with Crippen LogP contribution in [0, 0.1) is 0 Å². The quantitative estimate of drug-likeness (QED) is 0.396. The molecule has 4 rings (SSSR count). The summed E-state index contributed by atoms with van der Waals surface area (Å²) in [6.07, 6.45) is 3.93. The molecular weight excluding hydrogens is 306 g/mol. The van der Waals surface area contributed by atoms with Crippen LogP contribution in [0.3, 0.4) is 0 Å². The van der Waals surface area contributed by atoms with Crippen LogP contribution in [0.15, 0.2) is 96.2 Å². The van der Waals surface area contributed by atoms with Crippen molar-refractivity contribution in [2.24, 2.45) is 5.10 Å². The van der Waals surface area contributed by atoms with Crippen LogP contribution in [0.4, 0.5) is 5.69 Å². The van der Waals surface area contributed by atoms with E-state index in [0.29, 0.717) is 0 Å². The number of nitrogens with zero attached hydrogens (tertiary/aromatic N) is 2. The Bertz CT molecular complexity index is 972. The number of H-pyrrole nitrogens is 1. The van der Waals surface area contributed by atoms with Gasteiger partial charge in [0.15, 0.2) is 0 Å². The van der Waals surface area contributed by atoms with E-state index in [4.69, 9.17) is 5.10 Å². The number of aromatic nitrogens is 1. The summed E-state index contributed by atoms with van der Waals surface area (Å²) in [5.74, 6) is 0. The molecule has 0 saturated carbocycles. The summed E-state index contributed by atoms with van der Waals surface area (Å²) in [6.45, 7) is 0.726. The van der Waals surface area contributed by atoms with Gasteiger partial charge in [-0.05, 0) is 23.8 Å². The first-order valence-electron chi connectivity index (χ1n) is 8.37. The van der Waals surface area contributed by atoms with Crippen LogP contribution in [-0.2, 0) is 6.54 Å². The molecule has 0 radical (unpaired) electrons. The summed E-state index contributed by atoms with van der Waals surface area (Å²) in [7, 11) is 0. The summed E-state index contributed by atoms with van der Waals surface area (Å²) in [4.78, 5) is 3.29. The van der Waals surface area contributed by atoms with Gasteiger partial charge in [-0.1, -0.05) is 66.7 Å². The number of hydrazone groups is 1. The fourth-order valence-corrected chi connectivity index (χ4v) is 2.89. The number of para-hydroxylation sites is 2. The summed E-state index contributed by atoms with van der Waals surface area (Å²) in [5.41, 5.74) is 4.51. The van der Waals surface area contributed by atoms with Gasteiger partial charge in [0.05, 0.1) is 18.4 Å². The second-order valence-electron chi connectivity index (χ2n) is 5.91. The third-order valence-electron chi connectivity index (χ3n) is 4.19. The minimum Gasteiger partial charge on any atom is -0.361 e. The van der Waals surface area contributed by atoms with Gasteiger partial charge >= 0.3 is 0 Å². The van der Waals surface area contributed by atoms with E-state index in [1.54, 1.807) is 0 Å². The lowest BCUT2D eigenvalue weighted by Crippen LogP contribution is -2.15. The Morgan fingerprint density at radius 2 is 1.48 bits per heavy atom. The van der Waals surface area contributed by atoms with Crippen LogP contribution in [-0.4, -0.2) is 11.2 Å². The minimum absolute atomic E-state index is 0.726. The molecule has 0 atom stereocenters. The van der Waals surface area contributed by atoms with Gasteiger partial charge in [-0.2, -0.15) is 5.10 Å². The van der Waals surface area contributed by atoms with E-state index in [1.807, 2.05) is 53.8 Å². The normalized spacial score (nSPS) is 11.2. The molecule has 1 aromatic heterocycles. The maximum Gasteiger partial charge on any atom is 0.0666 e. The molecule has 1 heterocycles. The number of nitrogens with one attached hydrogen (secondary N) is 1. The zero-order valence-electron chi connectivity index (χ0n) is 13.8. The van der Waals surface area contributed by atoms with Crippen molar-refractivity contribution in [3.8, 4) is 0 Å². The molecule has 0 saturated heterocycles. The number of benzene rings is 3. The fourth-order valence-electron chi connectivity index (χ4n) is 2.89. The molecule has 1 N–H and O–H groups in total. The van der Waals surface area contributed by atoms with E-state index in [9.17, 15) is 0 Å². The van der Waals surface area contributed by atoms with Gasteiger partial charge < -0.3 is 4.98 Å². The molecule has 0 aliphatic carbocycles. The van der Waals surface area contributed by atoms with E-state index >= 15 is 0 Å². The Morgan fingerprint density at radius 3 is 2.28 bits per heavy atom. The zero-order valence-corrected chi connectivity index (χ0v) is 13.8. The largest absolute Gasteiger partial charge is 0.361 e. The van der Waals surface area contributed by atoms with E-state index < -0.39 is 0 Å². The maximum atomic E-state index is 4.77. The summed E-state index contributed by atoms with van der Waals surface area (Å²) in [5, 5.41) is 7.97. The van der Waals surface area contributed by atoms with Gasteiger partial charge in [-0.3, -0.25) is 5.01 Å². The monoisotopic (exact) mass is 325 g/mol. The first kappa shape index (κ1) is 15.2. The highest BCUT2D eigenvalue weighted by atomic mass is 15.4. The summed E-state index contributed by atoms with van der Waals surface area (Å²) >= 11 is 0. The highest BCUT2D eigenvalue weighted by molar-refractivity contribution is 5.99. The summed E-state index contributed by atoms with van der Waals surface area (Å²) in [6, 6.07) is 28.9. The molecule has 0 aliphatic rings. The average molecular weight is 325 g/mol. The van der Waals surface area contributed by atoms with Crippen LogP contribution in [0.5, 0.6) is 0 Å². The summed E-state index contributed by atoms with van der Waals surface area (Å²) < 4.78 is 0. The molecule has 3 heteroatoms. The highest BCUT2D eigenvalue weighted by Crippen LogP contribution is 2.19. The molecule has 0 bridgehead atoms. The van der Waals surface area contributed by atoms with Crippen LogP contribution in [0.25, 0.3) is 10.9 Å². The van der Waals surface area contributed by atoms with Crippen molar-refractivity contribution in [2.45, 2.75) is 6.54 Å². The number of hydrogen-bond donors (Lipinski definition) is 1. The maximum absolute atomic E-state index is 4.77. The Morgan fingerprint density at radius 1 is 0.800 bits per heavy atom. The van der Waals surface area contributed by atoms with Gasteiger partial charge in [0.1, 0.15) is 0 Å². The van der Waals surface area contributed by atoms with Crippen molar-refractivity contribution in [1.82, 2.24) is 4.98 Å². The van der Waals surface area contributed by atoms with E-state index in [2.05, 4.69) is 53.5 Å². The van der Waals surface area contributed by atoms with Gasteiger partial charge in [0.25, 0.3) is 0 Å². The van der Waals surface area contributed by atoms with Gasteiger partial charge in [-0.15, -0.1) is 0 Å². The molecule has 0 aliphatic heterocycles. The van der Waals surface area contributed by atoms with Crippen molar-refractivity contribution >= 4 is 22.8 Å². The van der Waals surface area contributed by atoms with E-state index in [-0.39, 0.29) is 0 Å². The van der Waals surface area contributed by atoms with Crippen molar-refractivity contribution in [2.75, 3.05) is 5.01 Å². The Kier molecular flexibility index (Phi) is 4.29. The van der Waals surface area contributed by atoms with Crippen molar-refractivity contribution < 1.29 is 0 Å². The Hall–Kier alpha value is -3.33. The number of hydrogen-bond acceptors (Lipinski definition) is 2. The first-order chi connectivity index (χ1) is 12.4. The Balaban J connectivity index is 1.66. The van der Waals surface area contributed by atoms with Gasteiger partial charge in [0, 0.05) is 22.7 Å². The molecule has 0 amide bonds. The fraction of sp³-hybridized carbons (Fsp3) is 0.0455. The predicted molar refractivity (Wildman–Crippen MR) is 105 cm³/mol. The van der Waals surface area contributed by atoms with E-state index in [1.165, 1.54) is 10.9 Å². The number of aromatic amines is 1. The number of rotatable bonds is 5. The van der Waals surface area contributed by atoms with Gasteiger partial charge in [0.2, 0.25) is 0 Å². The molecule has 4 aromatic rings. The highest BCUT2D eigenvalue weighted by Gasteiger charge is 2.06. The third-order valence-corrected chi connectivity index (χ3v) is 4.19. The first-order valence-corrected chi connectivity index (χ1v) is 8.37. The smallest absolute Gasteiger partial charge is 0.0666 e. The predicted octanol–water partition coefficient (Wildman–Crippen LogP) is 5.21. The molecule has 3 nitrogen and oxygen atoms in total. The standard InChI is InChI=1S/C22H19N3/c1-3-9-18(10-4-1)17-25(20-11-5-2-6-12-20)24-16-19-15-23-22-14-8-7-13-21(19)22/h1-16,23H,17H2. The second kappa shape index (κ2) is 7.05. The van der Waals surface area contributed by atoms with Gasteiger partial charge in [-0.25, -0.2) is 0 Å².